The first-order valence-corrected chi connectivity index (χ1v) is 10.7. The first-order valence-electron chi connectivity index (χ1n) is 7.92. The van der Waals surface area contributed by atoms with Gasteiger partial charge in [-0.2, -0.15) is 0 Å². The molecule has 0 spiro atoms. The maximum atomic E-state index is 10.6. The monoisotopic (exact) mass is 406 g/mol. The zero-order valence-electron chi connectivity index (χ0n) is 14.6. The predicted molar refractivity (Wildman–Crippen MR) is 104 cm³/mol. The number of hydrogen-bond acceptors (Lipinski definition) is 4. The zero-order valence-corrected chi connectivity index (χ0v) is 16.3. The van der Waals surface area contributed by atoms with Gasteiger partial charge in [0.05, 0.1) is 18.0 Å². The summed E-state index contributed by atoms with van der Waals surface area (Å²) in [7, 11) is -2.96. The van der Waals surface area contributed by atoms with Gasteiger partial charge >= 0.3 is 0 Å². The van der Waals surface area contributed by atoms with Gasteiger partial charge in [-0.3, -0.25) is 0 Å². The van der Waals surface area contributed by atoms with Crippen LogP contribution in [0.2, 0.25) is 0 Å². The molecule has 0 amide bonds. The van der Waals surface area contributed by atoms with Crippen LogP contribution in [0.3, 0.4) is 0 Å². The summed E-state index contributed by atoms with van der Waals surface area (Å²) < 4.78 is 43.1. The summed E-state index contributed by atoms with van der Waals surface area (Å²) in [6.07, 6.45) is 0. The second-order valence-electron chi connectivity index (χ2n) is 5.27. The smallest absolute Gasteiger partial charge is 0.179 e. The molecule has 0 fully saturated rings. The molecule has 0 N–H and O–H groups in total. The van der Waals surface area contributed by atoms with E-state index in [2.05, 4.69) is 72.8 Å². The van der Waals surface area contributed by atoms with Crippen LogP contribution in [-0.2, 0) is 21.0 Å². The number of methoxy groups -OCH3 is 1. The topological polar surface area (TPSA) is 66.4 Å². The number of hydrogen-bond donors (Lipinski definition) is 0. The van der Waals surface area contributed by atoms with Gasteiger partial charge < -0.3 is 9.29 Å². The van der Waals surface area contributed by atoms with Crippen LogP contribution in [0.25, 0.3) is 0 Å². The summed E-state index contributed by atoms with van der Waals surface area (Å²) in [6.45, 7) is 0. The van der Waals surface area contributed by atoms with Gasteiger partial charge in [0, 0.05) is 0 Å². The Hall–Kier alpha value is -2.35. The van der Waals surface area contributed by atoms with Crippen LogP contribution in [0.1, 0.15) is 0 Å². The fraction of sp³-hybridized carbons (Fsp3) is 0.100. The molecule has 7 heteroatoms. The normalized spacial score (nSPS) is 10.8. The molecule has 142 valence electrons. The summed E-state index contributed by atoms with van der Waals surface area (Å²) >= 11 is 0. The zero-order chi connectivity index (χ0) is 19.7. The lowest BCUT2D eigenvalue weighted by Gasteiger charge is -2.08. The molecule has 0 heterocycles. The molecule has 3 rings (SSSR count). The van der Waals surface area contributed by atoms with E-state index in [-0.39, 0.29) is 10.9 Å². The molecule has 27 heavy (non-hydrogen) atoms. The van der Waals surface area contributed by atoms with Gasteiger partial charge in [-0.05, 0) is 48.5 Å². The molecule has 0 radical (unpaired) electrons. The first kappa shape index (κ1) is 21.0. The fourth-order valence-electron chi connectivity index (χ4n) is 2.23. The highest BCUT2D eigenvalue weighted by molar-refractivity contribution is 7.97. The molecule has 0 saturated heterocycles. The van der Waals surface area contributed by atoms with Crippen LogP contribution in [-0.4, -0.2) is 26.1 Å². The molecule has 3 aromatic rings. The van der Waals surface area contributed by atoms with Crippen molar-refractivity contribution in [2.75, 3.05) is 13.1 Å². The number of rotatable bonds is 5. The van der Waals surface area contributed by atoms with Crippen molar-refractivity contribution in [1.82, 2.24) is 0 Å². The largest absolute Gasteiger partial charge is 0.746 e. The number of alkyl halides is 1. The lowest BCUT2D eigenvalue weighted by molar-refractivity contribution is 0.414. The van der Waals surface area contributed by atoms with Gasteiger partial charge in [0.1, 0.15) is 15.9 Å². The summed E-state index contributed by atoms with van der Waals surface area (Å²) in [5.74, 6) is 0.892. The van der Waals surface area contributed by atoms with Crippen molar-refractivity contribution in [3.8, 4) is 5.75 Å². The van der Waals surface area contributed by atoms with Gasteiger partial charge in [-0.25, -0.2) is 12.8 Å². The van der Waals surface area contributed by atoms with E-state index in [1.165, 1.54) is 14.7 Å². The van der Waals surface area contributed by atoms with Crippen LogP contribution in [0.15, 0.2) is 99.6 Å². The Balaban J connectivity index is 0.000000380. The Morgan fingerprint density at radius 2 is 1.19 bits per heavy atom. The van der Waals surface area contributed by atoms with Gasteiger partial charge in [0.25, 0.3) is 0 Å². The van der Waals surface area contributed by atoms with Gasteiger partial charge in [-0.15, -0.1) is 0 Å². The molecule has 4 nitrogen and oxygen atoms in total. The molecular weight excluding hydrogens is 387 g/mol. The average molecular weight is 407 g/mol. The van der Waals surface area contributed by atoms with Crippen LogP contribution in [0, 0.1) is 0 Å². The first-order chi connectivity index (χ1) is 12.9. The molecule has 0 aliphatic rings. The van der Waals surface area contributed by atoms with E-state index >= 15 is 0 Å². The Bertz CT molecular complexity index is 876. The molecule has 0 bridgehead atoms. The van der Waals surface area contributed by atoms with E-state index in [1.54, 1.807) is 7.11 Å². The standard InChI is InChI=1S/C19H17OS.CH3FO3S/c1-20-16-12-14-19(15-13-16)21(17-8-4-2-5-9-17)18-10-6-3-7-11-18;2-1-6(3,4)5/h2-15H,1H3;1H2,(H,3,4,5)/q+1;/p-1. The van der Waals surface area contributed by atoms with Crippen LogP contribution >= 0.6 is 0 Å². The molecular formula is C20H19FO4S2. The second-order valence-corrected chi connectivity index (χ2v) is 8.63. The molecule has 0 unspecified atom stereocenters. The minimum Gasteiger partial charge on any atom is -0.746 e. The SMILES string of the molecule is COc1ccc([S+](c2ccccc2)c2ccccc2)cc1.O=S(=O)([O-])CF. The molecule has 0 aliphatic heterocycles. The number of benzene rings is 3. The van der Waals surface area contributed by atoms with Crippen molar-refractivity contribution in [3.05, 3.63) is 84.9 Å². The number of halogens is 1. The van der Waals surface area contributed by atoms with Crippen LogP contribution < -0.4 is 4.74 Å². The minimum atomic E-state index is -4.58. The van der Waals surface area contributed by atoms with E-state index < -0.39 is 16.1 Å². The third-order valence-corrected chi connectivity index (χ3v) is 5.88. The summed E-state index contributed by atoms with van der Waals surface area (Å²) in [5, 5.41) is 0. The van der Waals surface area contributed by atoms with Crippen LogP contribution in [0.4, 0.5) is 4.39 Å². The maximum absolute atomic E-state index is 10.6. The third kappa shape index (κ3) is 6.71. The fourth-order valence-corrected chi connectivity index (χ4v) is 4.32. The Morgan fingerprint density at radius 1 is 0.815 bits per heavy atom. The highest BCUT2D eigenvalue weighted by Crippen LogP contribution is 2.31. The summed E-state index contributed by atoms with van der Waals surface area (Å²) in [4.78, 5) is 3.95. The molecule has 0 atom stereocenters. The maximum Gasteiger partial charge on any atom is 0.179 e. The lowest BCUT2D eigenvalue weighted by Crippen LogP contribution is -2.04. The summed E-state index contributed by atoms with van der Waals surface area (Å²) in [5.41, 5.74) is 0. The van der Waals surface area contributed by atoms with Crippen molar-refractivity contribution >= 4 is 21.0 Å². The van der Waals surface area contributed by atoms with Crippen molar-refractivity contribution in [3.63, 3.8) is 0 Å². The molecule has 3 aromatic carbocycles. The molecule has 0 aromatic heterocycles. The van der Waals surface area contributed by atoms with Crippen molar-refractivity contribution in [1.29, 1.82) is 0 Å². The van der Waals surface area contributed by atoms with Crippen molar-refractivity contribution < 1.29 is 22.1 Å². The van der Waals surface area contributed by atoms with E-state index in [9.17, 15) is 4.39 Å². The Kier molecular flexibility index (Phi) is 7.84. The van der Waals surface area contributed by atoms with Gasteiger partial charge in [0.2, 0.25) is 0 Å². The van der Waals surface area contributed by atoms with Gasteiger partial charge in [0.15, 0.2) is 20.7 Å². The number of ether oxygens (including phenoxy) is 1. The summed E-state index contributed by atoms with van der Waals surface area (Å²) in [6, 6.07) is 27.8. The predicted octanol–water partition coefficient (Wildman–Crippen LogP) is 4.25. The van der Waals surface area contributed by atoms with E-state index in [1.807, 2.05) is 12.1 Å². The Labute approximate surface area is 161 Å². The van der Waals surface area contributed by atoms with Crippen molar-refractivity contribution in [2.45, 2.75) is 14.7 Å². The third-order valence-electron chi connectivity index (χ3n) is 3.39. The second kappa shape index (κ2) is 10.1. The minimum absolute atomic E-state index is 0.0804. The molecule has 0 aliphatic carbocycles. The molecule has 0 saturated carbocycles. The average Bonchev–Trinajstić information content (AvgIpc) is 2.70. The van der Waals surface area contributed by atoms with E-state index in [0.29, 0.717) is 0 Å². The van der Waals surface area contributed by atoms with E-state index in [4.69, 9.17) is 17.7 Å². The lowest BCUT2D eigenvalue weighted by atomic mass is 10.3. The highest BCUT2D eigenvalue weighted by atomic mass is 32.2. The highest BCUT2D eigenvalue weighted by Gasteiger charge is 2.27. The van der Waals surface area contributed by atoms with E-state index in [0.717, 1.165) is 5.75 Å². The Morgan fingerprint density at radius 3 is 1.52 bits per heavy atom. The van der Waals surface area contributed by atoms with Gasteiger partial charge in [-0.1, -0.05) is 36.4 Å². The van der Waals surface area contributed by atoms with Crippen LogP contribution in [0.5, 0.6) is 5.75 Å². The quantitative estimate of drug-likeness (QED) is 0.469. The van der Waals surface area contributed by atoms with Crippen molar-refractivity contribution in [2.24, 2.45) is 0 Å².